The molecule has 10 heteroatoms. The molecule has 2 aromatic carbocycles. The van der Waals surface area contributed by atoms with Gasteiger partial charge in [-0.2, -0.15) is 5.26 Å². The summed E-state index contributed by atoms with van der Waals surface area (Å²) in [7, 11) is 0. The third kappa shape index (κ3) is 4.99. The highest BCUT2D eigenvalue weighted by molar-refractivity contribution is 6.15. The number of alkyl carbamates (subject to hydrolysis) is 1. The average molecular weight is 451 g/mol. The van der Waals surface area contributed by atoms with E-state index in [-0.39, 0.29) is 19.6 Å². The Morgan fingerprint density at radius 3 is 2.39 bits per heavy atom. The number of amides is 4. The third-order valence-corrected chi connectivity index (χ3v) is 5.43. The van der Waals surface area contributed by atoms with Crippen molar-refractivity contribution in [1.82, 2.24) is 15.1 Å². The van der Waals surface area contributed by atoms with Gasteiger partial charge in [-0.15, -0.1) is 4.48 Å². The number of rotatable bonds is 8. The number of benzene rings is 2. The summed E-state index contributed by atoms with van der Waals surface area (Å²) >= 11 is 0. The Morgan fingerprint density at radius 2 is 1.85 bits per heavy atom. The van der Waals surface area contributed by atoms with Crippen LogP contribution >= 0.6 is 0 Å². The lowest BCUT2D eigenvalue weighted by Gasteiger charge is -2.28. The average Bonchev–Trinajstić information content (AvgIpc) is 3.04. The summed E-state index contributed by atoms with van der Waals surface area (Å²) in [5, 5.41) is 23.5. The molecule has 1 aliphatic rings. The van der Waals surface area contributed by atoms with E-state index in [4.69, 9.17) is 10.00 Å². The van der Waals surface area contributed by atoms with Crippen molar-refractivity contribution in [3.05, 3.63) is 65.7 Å². The molecule has 33 heavy (non-hydrogen) atoms. The van der Waals surface area contributed by atoms with E-state index in [2.05, 4.69) is 10.6 Å². The summed E-state index contributed by atoms with van der Waals surface area (Å²) in [5.74, 6) is -1.79. The molecule has 3 atom stereocenters. The van der Waals surface area contributed by atoms with E-state index >= 15 is 0 Å². The SMILES string of the molecule is CC1NC(=O)[N+](CCC(NC(=O)OCc2ccccc2)C(=O)O)(c2ccc(C#N)cc2)C1=O. The van der Waals surface area contributed by atoms with Crippen LogP contribution in [0, 0.1) is 11.3 Å². The van der Waals surface area contributed by atoms with Crippen molar-refractivity contribution in [3.8, 4) is 6.07 Å². The van der Waals surface area contributed by atoms with Crippen molar-refractivity contribution in [3.63, 3.8) is 0 Å². The van der Waals surface area contributed by atoms with Crippen molar-refractivity contribution >= 4 is 29.7 Å². The molecular weight excluding hydrogens is 428 g/mol. The van der Waals surface area contributed by atoms with E-state index in [0.717, 1.165) is 5.56 Å². The highest BCUT2D eigenvalue weighted by Gasteiger charge is 2.56. The van der Waals surface area contributed by atoms with Crippen LogP contribution in [0.2, 0.25) is 0 Å². The first-order chi connectivity index (χ1) is 15.8. The maximum atomic E-state index is 13.0. The molecule has 0 bridgehead atoms. The molecule has 0 aromatic heterocycles. The fourth-order valence-electron chi connectivity index (χ4n) is 3.65. The first-order valence-corrected chi connectivity index (χ1v) is 10.2. The Kier molecular flexibility index (Phi) is 7.05. The molecule has 0 aliphatic carbocycles. The fraction of sp³-hybridized carbons (Fsp3) is 0.261. The molecule has 0 saturated carbocycles. The van der Waals surface area contributed by atoms with Gasteiger partial charge in [-0.1, -0.05) is 30.3 Å². The van der Waals surface area contributed by atoms with Crippen LogP contribution in [0.5, 0.6) is 0 Å². The molecule has 1 aliphatic heterocycles. The molecule has 3 N–H and O–H groups in total. The van der Waals surface area contributed by atoms with Gasteiger partial charge in [0.2, 0.25) is 0 Å². The number of ether oxygens (including phenoxy) is 1. The monoisotopic (exact) mass is 451 g/mol. The molecule has 10 nitrogen and oxygen atoms in total. The number of carbonyl (C=O) groups excluding carboxylic acids is 3. The number of urea groups is 1. The van der Waals surface area contributed by atoms with Crippen LogP contribution in [0.4, 0.5) is 15.3 Å². The van der Waals surface area contributed by atoms with Crippen LogP contribution in [-0.2, 0) is 20.9 Å². The predicted octanol–water partition coefficient (Wildman–Crippen LogP) is 2.27. The van der Waals surface area contributed by atoms with Crippen molar-refractivity contribution in [2.24, 2.45) is 0 Å². The van der Waals surface area contributed by atoms with Crippen LogP contribution in [0.25, 0.3) is 0 Å². The van der Waals surface area contributed by atoms with Crippen LogP contribution in [0.1, 0.15) is 24.5 Å². The minimum atomic E-state index is -1.39. The Hall–Kier alpha value is -4.23. The summed E-state index contributed by atoms with van der Waals surface area (Å²) in [4.78, 5) is 49.8. The number of imide groups is 1. The second-order valence-corrected chi connectivity index (χ2v) is 7.59. The number of nitrogens with one attached hydrogen (secondary N) is 2. The minimum absolute atomic E-state index is 0.0390. The molecule has 2 aromatic rings. The van der Waals surface area contributed by atoms with E-state index in [1.807, 2.05) is 12.1 Å². The number of hydrogen-bond acceptors (Lipinski definition) is 6. The maximum Gasteiger partial charge on any atom is 0.430 e. The van der Waals surface area contributed by atoms with Crippen LogP contribution < -0.4 is 15.1 Å². The largest absolute Gasteiger partial charge is 0.480 e. The quantitative estimate of drug-likeness (QED) is 0.412. The molecular formula is C23H23N4O6+. The first-order valence-electron chi connectivity index (χ1n) is 10.2. The lowest BCUT2D eigenvalue weighted by atomic mass is 10.1. The topological polar surface area (TPSA) is 146 Å². The van der Waals surface area contributed by atoms with E-state index in [9.17, 15) is 24.3 Å². The molecule has 170 valence electrons. The number of carboxylic acid groups (broad SMARTS) is 1. The van der Waals surface area contributed by atoms with E-state index in [1.165, 1.54) is 31.2 Å². The highest BCUT2D eigenvalue weighted by Crippen LogP contribution is 2.30. The van der Waals surface area contributed by atoms with Gasteiger partial charge in [0, 0.05) is 18.6 Å². The Morgan fingerprint density at radius 1 is 1.18 bits per heavy atom. The Balaban J connectivity index is 1.75. The van der Waals surface area contributed by atoms with E-state index in [0.29, 0.717) is 11.3 Å². The zero-order valence-corrected chi connectivity index (χ0v) is 17.9. The summed E-state index contributed by atoms with van der Waals surface area (Å²) in [5.41, 5.74) is 1.39. The van der Waals surface area contributed by atoms with Gasteiger partial charge >= 0.3 is 24.0 Å². The summed E-state index contributed by atoms with van der Waals surface area (Å²) in [6.45, 7) is 1.29. The molecule has 1 fully saturated rings. The standard InChI is InChI=1S/C23H22N4O6/c1-15-20(28)27(22(31)25-15,18-9-7-16(13-24)8-10-18)12-11-19(21(29)30)26-23(32)33-14-17-5-3-2-4-6-17/h2-10,15,19H,11-12,14H2,1H3,(H2-,25,26,29,30,31,32)/p+1. The maximum absolute atomic E-state index is 13.0. The van der Waals surface area contributed by atoms with Gasteiger partial charge in [-0.3, -0.25) is 5.32 Å². The molecule has 4 amide bonds. The molecule has 3 rings (SSSR count). The van der Waals surface area contributed by atoms with Crippen LogP contribution in [-0.4, -0.2) is 47.7 Å². The smallest absolute Gasteiger partial charge is 0.430 e. The summed E-state index contributed by atoms with van der Waals surface area (Å²) in [6, 6.07) is 14.0. The zero-order valence-electron chi connectivity index (χ0n) is 17.9. The van der Waals surface area contributed by atoms with Gasteiger partial charge < -0.3 is 15.2 Å². The number of quaternary nitrogens is 1. The second kappa shape index (κ2) is 9.93. The molecule has 0 spiro atoms. The fourth-order valence-corrected chi connectivity index (χ4v) is 3.65. The van der Waals surface area contributed by atoms with Gasteiger partial charge in [0.15, 0.2) is 0 Å². The summed E-state index contributed by atoms with van der Waals surface area (Å²) in [6.07, 6.45) is -1.15. The van der Waals surface area contributed by atoms with Crippen LogP contribution in [0.15, 0.2) is 54.6 Å². The molecule has 0 radical (unpaired) electrons. The number of hydrogen-bond donors (Lipinski definition) is 3. The van der Waals surface area contributed by atoms with Gasteiger partial charge in [-0.25, -0.2) is 19.2 Å². The number of nitriles is 1. The number of carbonyl (C=O) groups is 4. The number of nitrogens with zero attached hydrogens (tertiary/aromatic N) is 2. The van der Waals surface area contributed by atoms with E-state index < -0.39 is 40.6 Å². The highest BCUT2D eigenvalue weighted by atomic mass is 16.5. The van der Waals surface area contributed by atoms with Crippen molar-refractivity contribution in [2.75, 3.05) is 6.54 Å². The lowest BCUT2D eigenvalue weighted by Crippen LogP contribution is -2.57. The molecule has 3 unspecified atom stereocenters. The summed E-state index contributed by atoms with van der Waals surface area (Å²) < 4.78 is 4.31. The van der Waals surface area contributed by atoms with E-state index in [1.54, 1.807) is 24.3 Å². The molecule has 1 saturated heterocycles. The Labute approximate surface area is 190 Å². The van der Waals surface area contributed by atoms with Crippen molar-refractivity contribution < 1.29 is 29.0 Å². The van der Waals surface area contributed by atoms with Crippen molar-refractivity contribution in [1.29, 1.82) is 5.26 Å². The van der Waals surface area contributed by atoms with Gasteiger partial charge in [0.1, 0.15) is 30.9 Å². The Bertz CT molecular complexity index is 1100. The van der Waals surface area contributed by atoms with Gasteiger partial charge in [-0.05, 0) is 24.6 Å². The minimum Gasteiger partial charge on any atom is -0.480 e. The normalized spacial score (nSPS) is 20.4. The predicted molar refractivity (Wildman–Crippen MR) is 117 cm³/mol. The second-order valence-electron chi connectivity index (χ2n) is 7.59. The zero-order chi connectivity index (χ0) is 24.0. The third-order valence-electron chi connectivity index (χ3n) is 5.43. The number of aliphatic carboxylic acids is 1. The molecule has 1 heterocycles. The van der Waals surface area contributed by atoms with Crippen LogP contribution in [0.3, 0.4) is 0 Å². The lowest BCUT2D eigenvalue weighted by molar-refractivity contribution is -0.140. The number of carboxylic acids is 1. The van der Waals surface area contributed by atoms with Crippen molar-refractivity contribution in [2.45, 2.75) is 32.0 Å². The van der Waals surface area contributed by atoms with Gasteiger partial charge in [0.05, 0.1) is 11.6 Å². The first kappa shape index (κ1) is 23.4. The van der Waals surface area contributed by atoms with Gasteiger partial charge in [0.25, 0.3) is 0 Å².